The first-order valence-corrected chi connectivity index (χ1v) is 7.20. The summed E-state index contributed by atoms with van der Waals surface area (Å²) in [7, 11) is -3.77. The normalized spacial score (nSPS) is 14.5. The summed E-state index contributed by atoms with van der Waals surface area (Å²) in [6.45, 7) is 6.16. The molecule has 0 saturated heterocycles. The smallest absolute Gasteiger partial charge is 0.274 e. The summed E-state index contributed by atoms with van der Waals surface area (Å²) in [5.41, 5.74) is 1.85. The van der Waals surface area contributed by atoms with Gasteiger partial charge in [-0.2, -0.15) is 13.1 Å². The topological polar surface area (TPSA) is 92.4 Å². The fraction of sp³-hybridized carbons (Fsp3) is 0.500. The summed E-state index contributed by atoms with van der Waals surface area (Å²) in [4.78, 5) is 0. The van der Waals surface area contributed by atoms with E-state index >= 15 is 0 Å². The standard InChI is InChI=1S/C12H20N2O3S/c1-12(2,3)10-6-4-9(5-7-10)11(15)8-14-18(13,16)17/h4-7,11,14-15H,8H2,1-3H3,(H2,13,16,17). The van der Waals surface area contributed by atoms with Gasteiger partial charge < -0.3 is 5.11 Å². The molecule has 0 aliphatic rings. The average molecular weight is 272 g/mol. The van der Waals surface area contributed by atoms with E-state index in [-0.39, 0.29) is 12.0 Å². The van der Waals surface area contributed by atoms with Crippen LogP contribution in [0.4, 0.5) is 0 Å². The van der Waals surface area contributed by atoms with Crippen molar-refractivity contribution in [1.82, 2.24) is 4.72 Å². The van der Waals surface area contributed by atoms with Crippen molar-refractivity contribution in [3.63, 3.8) is 0 Å². The lowest BCUT2D eigenvalue weighted by atomic mass is 9.86. The van der Waals surface area contributed by atoms with Gasteiger partial charge in [0.25, 0.3) is 10.2 Å². The largest absolute Gasteiger partial charge is 0.387 e. The molecule has 0 radical (unpaired) electrons. The van der Waals surface area contributed by atoms with Crippen LogP contribution in [0.3, 0.4) is 0 Å². The molecule has 0 saturated carbocycles. The summed E-state index contributed by atoms with van der Waals surface area (Å²) in [6, 6.07) is 7.43. The summed E-state index contributed by atoms with van der Waals surface area (Å²) >= 11 is 0. The Morgan fingerprint density at radius 3 is 2.17 bits per heavy atom. The van der Waals surface area contributed by atoms with E-state index in [0.29, 0.717) is 5.56 Å². The zero-order chi connectivity index (χ0) is 14.0. The molecule has 5 nitrogen and oxygen atoms in total. The van der Waals surface area contributed by atoms with Crippen molar-refractivity contribution < 1.29 is 13.5 Å². The highest BCUT2D eigenvalue weighted by Gasteiger charge is 2.15. The third-order valence-electron chi connectivity index (χ3n) is 2.64. The maximum absolute atomic E-state index is 10.7. The second kappa shape index (κ2) is 5.36. The first-order chi connectivity index (χ1) is 8.09. The van der Waals surface area contributed by atoms with Crippen molar-refractivity contribution in [2.24, 2.45) is 5.14 Å². The van der Waals surface area contributed by atoms with Gasteiger partial charge in [-0.15, -0.1) is 0 Å². The molecule has 1 atom stereocenters. The highest BCUT2D eigenvalue weighted by Crippen LogP contribution is 2.23. The van der Waals surface area contributed by atoms with E-state index in [1.165, 1.54) is 0 Å². The number of rotatable bonds is 4. The van der Waals surface area contributed by atoms with Crippen LogP contribution in [0, 0.1) is 0 Å². The molecular formula is C12H20N2O3S. The van der Waals surface area contributed by atoms with Crippen molar-refractivity contribution in [2.45, 2.75) is 32.3 Å². The van der Waals surface area contributed by atoms with Crippen LogP contribution in [0.15, 0.2) is 24.3 Å². The first kappa shape index (κ1) is 15.1. The van der Waals surface area contributed by atoms with E-state index in [2.05, 4.69) is 25.5 Å². The fourth-order valence-corrected chi connectivity index (χ4v) is 1.91. The Morgan fingerprint density at radius 2 is 1.78 bits per heavy atom. The van der Waals surface area contributed by atoms with Crippen LogP contribution in [0.2, 0.25) is 0 Å². The van der Waals surface area contributed by atoms with Gasteiger partial charge in [-0.25, -0.2) is 5.14 Å². The van der Waals surface area contributed by atoms with Gasteiger partial charge >= 0.3 is 0 Å². The van der Waals surface area contributed by atoms with Crippen LogP contribution in [-0.4, -0.2) is 20.1 Å². The van der Waals surface area contributed by atoms with E-state index in [1.807, 2.05) is 12.1 Å². The fourth-order valence-electron chi connectivity index (χ4n) is 1.52. The van der Waals surface area contributed by atoms with E-state index in [1.54, 1.807) is 12.1 Å². The van der Waals surface area contributed by atoms with Crippen LogP contribution in [0.1, 0.15) is 38.0 Å². The number of hydrogen-bond donors (Lipinski definition) is 3. The molecule has 0 bridgehead atoms. The number of aliphatic hydroxyl groups excluding tert-OH is 1. The van der Waals surface area contributed by atoms with E-state index in [4.69, 9.17) is 5.14 Å². The Morgan fingerprint density at radius 1 is 1.28 bits per heavy atom. The molecule has 0 aliphatic carbocycles. The number of benzene rings is 1. The molecule has 1 aromatic carbocycles. The van der Waals surface area contributed by atoms with E-state index in [0.717, 1.165) is 5.56 Å². The second-order valence-electron chi connectivity index (χ2n) is 5.28. The van der Waals surface area contributed by atoms with Gasteiger partial charge in [0.2, 0.25) is 0 Å². The Hall–Kier alpha value is -0.950. The van der Waals surface area contributed by atoms with Gasteiger partial charge in [0.05, 0.1) is 6.10 Å². The predicted octanol–water partition coefficient (Wildman–Crippen LogP) is 0.811. The van der Waals surface area contributed by atoms with Gasteiger partial charge in [0.1, 0.15) is 0 Å². The van der Waals surface area contributed by atoms with Crippen LogP contribution in [0.5, 0.6) is 0 Å². The minimum absolute atomic E-state index is 0.0440. The lowest BCUT2D eigenvalue weighted by Crippen LogP contribution is -2.34. The zero-order valence-electron chi connectivity index (χ0n) is 10.8. The van der Waals surface area contributed by atoms with Crippen LogP contribution >= 0.6 is 0 Å². The van der Waals surface area contributed by atoms with Crippen molar-refractivity contribution >= 4 is 10.2 Å². The molecule has 0 fully saturated rings. The molecule has 4 N–H and O–H groups in total. The monoisotopic (exact) mass is 272 g/mol. The molecular weight excluding hydrogens is 252 g/mol. The van der Waals surface area contributed by atoms with Gasteiger partial charge in [-0.05, 0) is 16.5 Å². The molecule has 6 heteroatoms. The lowest BCUT2D eigenvalue weighted by Gasteiger charge is -2.20. The molecule has 102 valence electrons. The molecule has 0 amide bonds. The molecule has 1 rings (SSSR count). The molecule has 1 aromatic rings. The van der Waals surface area contributed by atoms with Crippen molar-refractivity contribution in [3.8, 4) is 0 Å². The van der Waals surface area contributed by atoms with Crippen LogP contribution < -0.4 is 9.86 Å². The predicted molar refractivity (Wildman–Crippen MR) is 71.2 cm³/mol. The molecule has 0 aromatic heterocycles. The summed E-state index contributed by atoms with van der Waals surface area (Å²) in [6.07, 6.45) is -0.905. The van der Waals surface area contributed by atoms with Crippen LogP contribution in [-0.2, 0) is 15.6 Å². The highest BCUT2D eigenvalue weighted by molar-refractivity contribution is 7.87. The summed E-state index contributed by atoms with van der Waals surface area (Å²) in [5.74, 6) is 0. The van der Waals surface area contributed by atoms with Crippen LogP contribution in [0.25, 0.3) is 0 Å². The van der Waals surface area contributed by atoms with Crippen molar-refractivity contribution in [2.75, 3.05) is 6.54 Å². The molecule has 18 heavy (non-hydrogen) atoms. The quantitative estimate of drug-likeness (QED) is 0.757. The summed E-state index contributed by atoms with van der Waals surface area (Å²) in [5, 5.41) is 14.6. The number of nitrogens with two attached hydrogens (primary N) is 1. The minimum Gasteiger partial charge on any atom is -0.387 e. The van der Waals surface area contributed by atoms with Gasteiger partial charge in [0.15, 0.2) is 0 Å². The maximum atomic E-state index is 10.7. The molecule has 0 heterocycles. The third kappa shape index (κ3) is 4.73. The minimum atomic E-state index is -3.77. The third-order valence-corrected chi connectivity index (χ3v) is 3.21. The summed E-state index contributed by atoms with van der Waals surface area (Å²) < 4.78 is 23.5. The zero-order valence-corrected chi connectivity index (χ0v) is 11.7. The highest BCUT2D eigenvalue weighted by atomic mass is 32.2. The van der Waals surface area contributed by atoms with Crippen molar-refractivity contribution in [3.05, 3.63) is 35.4 Å². The Bertz CT molecular complexity index is 489. The molecule has 0 spiro atoms. The van der Waals surface area contributed by atoms with E-state index < -0.39 is 16.3 Å². The lowest BCUT2D eigenvalue weighted by molar-refractivity contribution is 0.182. The SMILES string of the molecule is CC(C)(C)c1ccc(C(O)CNS(N)(=O)=O)cc1. The van der Waals surface area contributed by atoms with Crippen molar-refractivity contribution in [1.29, 1.82) is 0 Å². The molecule has 0 aliphatic heterocycles. The Balaban J connectivity index is 2.74. The number of nitrogens with one attached hydrogen (secondary N) is 1. The van der Waals surface area contributed by atoms with Gasteiger partial charge in [-0.3, -0.25) is 0 Å². The molecule has 1 unspecified atom stereocenters. The number of hydrogen-bond acceptors (Lipinski definition) is 3. The first-order valence-electron chi connectivity index (χ1n) is 5.65. The van der Waals surface area contributed by atoms with Gasteiger partial charge in [-0.1, -0.05) is 45.0 Å². The second-order valence-corrected chi connectivity index (χ2v) is 6.66. The average Bonchev–Trinajstić information content (AvgIpc) is 2.24. The van der Waals surface area contributed by atoms with Gasteiger partial charge in [0, 0.05) is 6.54 Å². The Labute approximate surface area is 108 Å². The van der Waals surface area contributed by atoms with E-state index in [9.17, 15) is 13.5 Å². The number of aliphatic hydroxyl groups is 1. The Kier molecular flexibility index (Phi) is 4.50. The maximum Gasteiger partial charge on any atom is 0.274 e.